The summed E-state index contributed by atoms with van der Waals surface area (Å²) in [5.74, 6) is 0. The highest BCUT2D eigenvalue weighted by Crippen LogP contribution is 2.19. The van der Waals surface area contributed by atoms with Gasteiger partial charge in [-0.05, 0) is 18.6 Å². The van der Waals surface area contributed by atoms with Crippen LogP contribution in [-0.4, -0.2) is 42.5 Å². The monoisotopic (exact) mass is 251 g/mol. The molecule has 0 radical (unpaired) electrons. The summed E-state index contributed by atoms with van der Waals surface area (Å²) in [6, 6.07) is 4.03. The third kappa shape index (κ3) is 2.98. The van der Waals surface area contributed by atoms with Crippen molar-refractivity contribution in [3.63, 3.8) is 0 Å². The molecule has 1 aromatic rings. The second kappa shape index (κ2) is 6.13. The Balaban J connectivity index is 2.04. The Morgan fingerprint density at radius 3 is 3.06 bits per heavy atom. The third-order valence-corrected chi connectivity index (χ3v) is 3.30. The Morgan fingerprint density at radius 2 is 2.44 bits per heavy atom. The molecule has 5 heteroatoms. The SMILES string of the molecule is CC[C@H](N)c1ccc(N2CCOC(CO)C2)cn1. The van der Waals surface area contributed by atoms with E-state index < -0.39 is 0 Å². The maximum absolute atomic E-state index is 9.12. The van der Waals surface area contributed by atoms with Gasteiger partial charge in [0.1, 0.15) is 0 Å². The molecule has 1 aliphatic heterocycles. The largest absolute Gasteiger partial charge is 0.394 e. The zero-order valence-corrected chi connectivity index (χ0v) is 10.7. The Labute approximate surface area is 108 Å². The fourth-order valence-corrected chi connectivity index (χ4v) is 2.08. The Bertz CT molecular complexity index is 369. The summed E-state index contributed by atoms with van der Waals surface area (Å²) in [5.41, 5.74) is 7.92. The van der Waals surface area contributed by atoms with Crippen molar-refractivity contribution in [2.24, 2.45) is 5.73 Å². The van der Waals surface area contributed by atoms with Crippen LogP contribution in [0.1, 0.15) is 25.1 Å². The van der Waals surface area contributed by atoms with E-state index in [1.165, 1.54) is 0 Å². The average molecular weight is 251 g/mol. The van der Waals surface area contributed by atoms with Crippen molar-refractivity contribution in [3.8, 4) is 0 Å². The quantitative estimate of drug-likeness (QED) is 0.823. The first-order chi connectivity index (χ1) is 8.74. The lowest BCUT2D eigenvalue weighted by Gasteiger charge is -2.33. The molecule has 0 amide bonds. The first kappa shape index (κ1) is 13.3. The van der Waals surface area contributed by atoms with Crippen molar-refractivity contribution in [1.82, 2.24) is 4.98 Å². The van der Waals surface area contributed by atoms with Gasteiger partial charge in [0, 0.05) is 19.1 Å². The molecule has 100 valence electrons. The van der Waals surface area contributed by atoms with Gasteiger partial charge >= 0.3 is 0 Å². The summed E-state index contributed by atoms with van der Waals surface area (Å²) in [7, 11) is 0. The van der Waals surface area contributed by atoms with E-state index in [2.05, 4.69) is 9.88 Å². The average Bonchev–Trinajstić information content (AvgIpc) is 2.46. The maximum Gasteiger partial charge on any atom is 0.0980 e. The van der Waals surface area contributed by atoms with Crippen molar-refractivity contribution in [2.75, 3.05) is 31.2 Å². The number of hydrogen-bond donors (Lipinski definition) is 2. The van der Waals surface area contributed by atoms with E-state index in [9.17, 15) is 0 Å². The summed E-state index contributed by atoms with van der Waals surface area (Å²) < 4.78 is 5.43. The summed E-state index contributed by atoms with van der Waals surface area (Å²) in [4.78, 5) is 6.58. The second-order valence-electron chi connectivity index (χ2n) is 4.58. The summed E-state index contributed by atoms with van der Waals surface area (Å²) in [6.07, 6.45) is 2.64. The van der Waals surface area contributed by atoms with Crippen LogP contribution >= 0.6 is 0 Å². The molecule has 2 heterocycles. The van der Waals surface area contributed by atoms with Crippen LogP contribution in [0.25, 0.3) is 0 Å². The molecule has 0 aliphatic carbocycles. The van der Waals surface area contributed by atoms with Gasteiger partial charge in [0.05, 0.1) is 36.9 Å². The number of anilines is 1. The number of ether oxygens (including phenoxy) is 1. The molecule has 0 saturated carbocycles. The Hall–Kier alpha value is -1.17. The highest BCUT2D eigenvalue weighted by molar-refractivity contribution is 5.45. The van der Waals surface area contributed by atoms with Crippen LogP contribution in [0.3, 0.4) is 0 Å². The molecule has 0 spiro atoms. The van der Waals surface area contributed by atoms with E-state index in [0.717, 1.165) is 24.3 Å². The lowest BCUT2D eigenvalue weighted by Crippen LogP contribution is -2.44. The zero-order valence-electron chi connectivity index (χ0n) is 10.7. The number of nitrogens with zero attached hydrogens (tertiary/aromatic N) is 2. The minimum absolute atomic E-state index is 0.00827. The molecule has 18 heavy (non-hydrogen) atoms. The number of morpholine rings is 1. The maximum atomic E-state index is 9.12. The van der Waals surface area contributed by atoms with Gasteiger partial charge in [-0.15, -0.1) is 0 Å². The predicted octanol–water partition coefficient (Wildman–Crippen LogP) is 0.689. The molecule has 0 aromatic carbocycles. The summed E-state index contributed by atoms with van der Waals surface area (Å²) in [5, 5.41) is 9.12. The molecule has 1 aromatic heterocycles. The molecule has 5 nitrogen and oxygen atoms in total. The molecular formula is C13H21N3O2. The summed E-state index contributed by atoms with van der Waals surface area (Å²) in [6.45, 7) is 4.28. The minimum Gasteiger partial charge on any atom is -0.394 e. The molecule has 1 aliphatic rings. The highest BCUT2D eigenvalue weighted by atomic mass is 16.5. The molecular weight excluding hydrogens is 230 g/mol. The molecule has 1 saturated heterocycles. The molecule has 2 rings (SSSR count). The standard InChI is InChI=1S/C13H21N3O2/c1-2-12(14)13-4-3-10(7-15-13)16-5-6-18-11(8-16)9-17/h3-4,7,11-12,17H,2,5-6,8-9,14H2,1H3/t11?,12-/m0/s1. The number of hydrogen-bond acceptors (Lipinski definition) is 5. The van der Waals surface area contributed by atoms with Gasteiger partial charge in [-0.25, -0.2) is 0 Å². The van der Waals surface area contributed by atoms with Gasteiger partial charge in [-0.2, -0.15) is 0 Å². The van der Waals surface area contributed by atoms with Crippen molar-refractivity contribution in [3.05, 3.63) is 24.0 Å². The van der Waals surface area contributed by atoms with E-state index >= 15 is 0 Å². The number of aromatic nitrogens is 1. The van der Waals surface area contributed by atoms with Gasteiger partial charge in [0.25, 0.3) is 0 Å². The van der Waals surface area contributed by atoms with Gasteiger partial charge in [-0.3, -0.25) is 4.98 Å². The predicted molar refractivity (Wildman–Crippen MR) is 70.5 cm³/mol. The van der Waals surface area contributed by atoms with E-state index in [1.807, 2.05) is 25.3 Å². The first-order valence-corrected chi connectivity index (χ1v) is 6.43. The highest BCUT2D eigenvalue weighted by Gasteiger charge is 2.20. The normalized spacial score (nSPS) is 21.9. The van der Waals surface area contributed by atoms with Crippen LogP contribution < -0.4 is 10.6 Å². The molecule has 0 bridgehead atoms. The molecule has 1 unspecified atom stereocenters. The lowest BCUT2D eigenvalue weighted by molar-refractivity contribution is 0.00355. The smallest absolute Gasteiger partial charge is 0.0980 e. The van der Waals surface area contributed by atoms with Crippen LogP contribution in [0.5, 0.6) is 0 Å². The van der Waals surface area contributed by atoms with E-state index in [-0.39, 0.29) is 18.8 Å². The second-order valence-corrected chi connectivity index (χ2v) is 4.58. The molecule has 3 N–H and O–H groups in total. The van der Waals surface area contributed by atoms with E-state index in [4.69, 9.17) is 15.6 Å². The fraction of sp³-hybridized carbons (Fsp3) is 0.615. The van der Waals surface area contributed by atoms with Crippen molar-refractivity contribution >= 4 is 5.69 Å². The van der Waals surface area contributed by atoms with Crippen LogP contribution in [0.2, 0.25) is 0 Å². The third-order valence-electron chi connectivity index (χ3n) is 3.30. The van der Waals surface area contributed by atoms with Gasteiger partial charge < -0.3 is 20.5 Å². The zero-order chi connectivity index (χ0) is 13.0. The van der Waals surface area contributed by atoms with Crippen LogP contribution in [0.15, 0.2) is 18.3 Å². The topological polar surface area (TPSA) is 71.6 Å². The van der Waals surface area contributed by atoms with Gasteiger partial charge in [0.2, 0.25) is 0 Å². The first-order valence-electron chi connectivity index (χ1n) is 6.43. The van der Waals surface area contributed by atoms with E-state index in [0.29, 0.717) is 13.2 Å². The Morgan fingerprint density at radius 1 is 1.61 bits per heavy atom. The van der Waals surface area contributed by atoms with Crippen molar-refractivity contribution in [2.45, 2.75) is 25.5 Å². The number of aliphatic hydroxyl groups excluding tert-OH is 1. The molecule has 2 atom stereocenters. The Kier molecular flexibility index (Phi) is 4.52. The van der Waals surface area contributed by atoms with E-state index in [1.54, 1.807) is 0 Å². The number of nitrogens with two attached hydrogens (primary N) is 1. The lowest BCUT2D eigenvalue weighted by atomic mass is 10.1. The van der Waals surface area contributed by atoms with Gasteiger partial charge in [0.15, 0.2) is 0 Å². The number of pyridine rings is 1. The van der Waals surface area contributed by atoms with Crippen molar-refractivity contribution in [1.29, 1.82) is 0 Å². The van der Waals surface area contributed by atoms with Gasteiger partial charge in [-0.1, -0.05) is 6.92 Å². The van der Waals surface area contributed by atoms with Crippen LogP contribution in [-0.2, 0) is 4.74 Å². The minimum atomic E-state index is -0.101. The van der Waals surface area contributed by atoms with Crippen LogP contribution in [0, 0.1) is 0 Å². The number of aliphatic hydroxyl groups is 1. The molecule has 1 fully saturated rings. The number of rotatable bonds is 4. The van der Waals surface area contributed by atoms with Crippen molar-refractivity contribution < 1.29 is 9.84 Å². The van der Waals surface area contributed by atoms with Crippen LogP contribution in [0.4, 0.5) is 5.69 Å². The summed E-state index contributed by atoms with van der Waals surface area (Å²) >= 11 is 0. The fourth-order valence-electron chi connectivity index (χ4n) is 2.08.